The minimum Gasteiger partial charge on any atom is -0.459 e. The second-order valence-electron chi connectivity index (χ2n) is 7.23. The van der Waals surface area contributed by atoms with Gasteiger partial charge in [-0.05, 0) is 54.4 Å². The van der Waals surface area contributed by atoms with Gasteiger partial charge in [0.2, 0.25) is 11.8 Å². The Bertz CT molecular complexity index is 1130. The van der Waals surface area contributed by atoms with Gasteiger partial charge < -0.3 is 19.5 Å². The Morgan fingerprint density at radius 2 is 1.73 bits per heavy atom. The summed E-state index contributed by atoms with van der Waals surface area (Å²) in [4.78, 5) is 29.5. The highest BCUT2D eigenvalue weighted by molar-refractivity contribution is 6.00. The predicted molar refractivity (Wildman–Crippen MR) is 113 cm³/mol. The van der Waals surface area contributed by atoms with Gasteiger partial charge in [-0.1, -0.05) is 26.0 Å². The Hall–Kier alpha value is -3.87. The first-order chi connectivity index (χ1) is 14.5. The van der Waals surface area contributed by atoms with Gasteiger partial charge in [0.05, 0.1) is 6.26 Å². The van der Waals surface area contributed by atoms with Gasteiger partial charge >= 0.3 is 0 Å². The van der Waals surface area contributed by atoms with Crippen molar-refractivity contribution in [1.82, 2.24) is 10.3 Å². The lowest BCUT2D eigenvalue weighted by molar-refractivity contribution is -0.118. The van der Waals surface area contributed by atoms with Crippen LogP contribution in [0.1, 0.15) is 24.4 Å². The molecule has 30 heavy (non-hydrogen) atoms. The lowest BCUT2D eigenvalue weighted by Crippen LogP contribution is -2.47. The highest BCUT2D eigenvalue weighted by Crippen LogP contribution is 2.25. The number of para-hydroxylation sites is 2. The van der Waals surface area contributed by atoms with Gasteiger partial charge in [0, 0.05) is 11.3 Å². The van der Waals surface area contributed by atoms with Crippen molar-refractivity contribution >= 4 is 28.6 Å². The summed E-state index contributed by atoms with van der Waals surface area (Å²) in [5.74, 6) is -0.168. The van der Waals surface area contributed by atoms with Crippen molar-refractivity contribution in [2.24, 2.45) is 5.92 Å². The molecule has 0 bridgehead atoms. The summed E-state index contributed by atoms with van der Waals surface area (Å²) < 4.78 is 10.9. The minimum atomic E-state index is -0.709. The van der Waals surface area contributed by atoms with Gasteiger partial charge in [-0.25, -0.2) is 4.98 Å². The molecule has 2 aromatic heterocycles. The van der Waals surface area contributed by atoms with Crippen molar-refractivity contribution in [1.29, 1.82) is 0 Å². The van der Waals surface area contributed by atoms with Gasteiger partial charge in [-0.15, -0.1) is 0 Å². The number of nitrogens with zero attached hydrogens (tertiary/aromatic N) is 1. The van der Waals surface area contributed by atoms with Crippen LogP contribution in [0.25, 0.3) is 22.6 Å². The van der Waals surface area contributed by atoms with Crippen LogP contribution in [0.15, 0.2) is 75.8 Å². The van der Waals surface area contributed by atoms with E-state index in [0.717, 1.165) is 16.7 Å². The predicted octanol–water partition coefficient (Wildman–Crippen LogP) is 4.48. The number of anilines is 1. The molecule has 1 unspecified atom stereocenters. The maximum absolute atomic E-state index is 12.7. The molecule has 2 N–H and O–H groups in total. The summed E-state index contributed by atoms with van der Waals surface area (Å²) in [5, 5.41) is 5.57. The van der Waals surface area contributed by atoms with Gasteiger partial charge in [0.15, 0.2) is 11.3 Å². The van der Waals surface area contributed by atoms with Crippen molar-refractivity contribution in [3.05, 3.63) is 72.7 Å². The second kappa shape index (κ2) is 8.24. The molecule has 152 valence electrons. The van der Waals surface area contributed by atoms with Crippen molar-refractivity contribution in [2.45, 2.75) is 19.9 Å². The zero-order valence-corrected chi connectivity index (χ0v) is 16.6. The number of amides is 2. The summed E-state index contributed by atoms with van der Waals surface area (Å²) >= 11 is 0. The van der Waals surface area contributed by atoms with Gasteiger partial charge in [-0.2, -0.15) is 0 Å². The van der Waals surface area contributed by atoms with E-state index in [4.69, 9.17) is 8.83 Å². The van der Waals surface area contributed by atoms with E-state index in [1.807, 2.05) is 50.2 Å². The summed E-state index contributed by atoms with van der Waals surface area (Å²) in [6.07, 6.45) is 1.41. The maximum atomic E-state index is 12.7. The van der Waals surface area contributed by atoms with Crippen molar-refractivity contribution in [3.63, 3.8) is 0 Å². The quantitative estimate of drug-likeness (QED) is 0.495. The molecule has 0 aliphatic carbocycles. The third-order valence-corrected chi connectivity index (χ3v) is 4.67. The average molecular weight is 403 g/mol. The molecule has 4 rings (SSSR count). The monoisotopic (exact) mass is 403 g/mol. The average Bonchev–Trinajstić information content (AvgIpc) is 3.42. The topological polar surface area (TPSA) is 97.4 Å². The summed E-state index contributed by atoms with van der Waals surface area (Å²) in [7, 11) is 0. The number of oxazole rings is 1. The fraction of sp³-hybridized carbons (Fsp3) is 0.174. The third kappa shape index (κ3) is 4.10. The largest absolute Gasteiger partial charge is 0.459 e. The van der Waals surface area contributed by atoms with Crippen LogP contribution in [-0.2, 0) is 4.79 Å². The Kier molecular flexibility index (Phi) is 5.34. The number of rotatable bonds is 6. The number of hydrogen-bond donors (Lipinski definition) is 2. The zero-order valence-electron chi connectivity index (χ0n) is 16.6. The Morgan fingerprint density at radius 1 is 0.967 bits per heavy atom. The molecule has 0 aliphatic rings. The molecule has 0 fully saturated rings. The molecule has 2 aromatic carbocycles. The number of furan rings is 1. The second-order valence-corrected chi connectivity index (χ2v) is 7.23. The molecule has 0 radical (unpaired) electrons. The van der Waals surface area contributed by atoms with Crippen LogP contribution in [0.4, 0.5) is 5.69 Å². The normalized spacial score (nSPS) is 12.1. The number of aromatic nitrogens is 1. The third-order valence-electron chi connectivity index (χ3n) is 4.67. The highest BCUT2D eigenvalue weighted by Gasteiger charge is 2.25. The molecule has 4 aromatic rings. The number of carbonyl (C=O) groups is 2. The van der Waals surface area contributed by atoms with E-state index in [1.54, 1.807) is 24.3 Å². The van der Waals surface area contributed by atoms with Crippen LogP contribution in [-0.4, -0.2) is 22.8 Å². The SMILES string of the molecule is CC(C)C(NC(=O)c1ccco1)C(=O)Nc1ccc(-c2nc3ccccc3o2)cc1. The van der Waals surface area contributed by atoms with Crippen molar-refractivity contribution in [3.8, 4) is 11.5 Å². The molecular weight excluding hydrogens is 382 g/mol. The molecular formula is C23H21N3O4. The fourth-order valence-electron chi connectivity index (χ4n) is 3.07. The minimum absolute atomic E-state index is 0.108. The van der Waals surface area contributed by atoms with E-state index in [9.17, 15) is 9.59 Å². The van der Waals surface area contributed by atoms with E-state index in [-0.39, 0.29) is 17.6 Å². The Labute approximate surface area is 173 Å². The number of benzene rings is 2. The van der Waals surface area contributed by atoms with E-state index in [1.165, 1.54) is 6.26 Å². The molecule has 0 aliphatic heterocycles. The van der Waals surface area contributed by atoms with Crippen LogP contribution in [0.2, 0.25) is 0 Å². The smallest absolute Gasteiger partial charge is 0.287 e. The van der Waals surface area contributed by atoms with Gasteiger partial charge in [-0.3, -0.25) is 9.59 Å². The lowest BCUT2D eigenvalue weighted by Gasteiger charge is -2.21. The van der Waals surface area contributed by atoms with Crippen LogP contribution in [0, 0.1) is 5.92 Å². The number of hydrogen-bond acceptors (Lipinski definition) is 5. The van der Waals surface area contributed by atoms with Crippen molar-refractivity contribution < 1.29 is 18.4 Å². The van der Waals surface area contributed by atoms with Crippen LogP contribution in [0.3, 0.4) is 0 Å². The van der Waals surface area contributed by atoms with E-state index < -0.39 is 11.9 Å². The van der Waals surface area contributed by atoms with E-state index in [0.29, 0.717) is 11.6 Å². The maximum Gasteiger partial charge on any atom is 0.287 e. The van der Waals surface area contributed by atoms with Crippen LogP contribution in [0.5, 0.6) is 0 Å². The van der Waals surface area contributed by atoms with Crippen LogP contribution >= 0.6 is 0 Å². The Morgan fingerprint density at radius 3 is 2.40 bits per heavy atom. The fourth-order valence-corrected chi connectivity index (χ4v) is 3.07. The molecule has 0 spiro atoms. The molecule has 2 heterocycles. The highest BCUT2D eigenvalue weighted by atomic mass is 16.3. The van der Waals surface area contributed by atoms with Crippen LogP contribution < -0.4 is 10.6 Å². The standard InChI is InChI=1S/C23H21N3O4/c1-14(2)20(26-21(27)19-8-5-13-29-19)22(28)24-16-11-9-15(10-12-16)23-25-17-6-3-4-7-18(17)30-23/h3-14,20H,1-2H3,(H,24,28)(H,26,27). The van der Waals surface area contributed by atoms with E-state index in [2.05, 4.69) is 15.6 Å². The van der Waals surface area contributed by atoms with Gasteiger partial charge in [0.25, 0.3) is 5.91 Å². The van der Waals surface area contributed by atoms with Gasteiger partial charge in [0.1, 0.15) is 11.6 Å². The van der Waals surface area contributed by atoms with Crippen molar-refractivity contribution in [2.75, 3.05) is 5.32 Å². The number of nitrogens with one attached hydrogen (secondary N) is 2. The molecule has 2 amide bonds. The van der Waals surface area contributed by atoms with E-state index >= 15 is 0 Å². The molecule has 1 atom stereocenters. The molecule has 0 saturated heterocycles. The lowest BCUT2D eigenvalue weighted by atomic mass is 10.0. The zero-order chi connectivity index (χ0) is 21.1. The first-order valence-corrected chi connectivity index (χ1v) is 9.62. The molecule has 7 nitrogen and oxygen atoms in total. The molecule has 7 heteroatoms. The first kappa shape index (κ1) is 19.4. The summed E-state index contributed by atoms with van der Waals surface area (Å²) in [6, 6.07) is 17.2. The number of fused-ring (bicyclic) bond motifs is 1. The summed E-state index contributed by atoms with van der Waals surface area (Å²) in [6.45, 7) is 3.73. The molecule has 0 saturated carbocycles. The summed E-state index contributed by atoms with van der Waals surface area (Å²) in [5.41, 5.74) is 2.92. The first-order valence-electron chi connectivity index (χ1n) is 9.62. The number of carbonyl (C=O) groups excluding carboxylic acids is 2. The Balaban J connectivity index is 1.45.